The fourth-order valence-electron chi connectivity index (χ4n) is 4.28. The van der Waals surface area contributed by atoms with Gasteiger partial charge >= 0.3 is 12.0 Å². The first-order chi connectivity index (χ1) is 17.6. The first-order valence-corrected chi connectivity index (χ1v) is 14.4. The SMILES string of the molecule is CCCCN(C(=O)NCC(=O)O)C1CCN(Cc2ccc(Oc3ccc(NS(C)(=O)=O)cc3)cc2)CC1.Cl. The molecular weight excluding hydrogens is 532 g/mol. The topological polar surface area (TPSA) is 128 Å². The van der Waals surface area contributed by atoms with Crippen LogP contribution >= 0.6 is 12.4 Å². The molecule has 0 aromatic heterocycles. The van der Waals surface area contributed by atoms with Crippen LogP contribution in [0.25, 0.3) is 0 Å². The normalized spacial score (nSPS) is 14.3. The van der Waals surface area contributed by atoms with E-state index in [1.165, 1.54) is 0 Å². The highest BCUT2D eigenvalue weighted by Crippen LogP contribution is 2.25. The van der Waals surface area contributed by atoms with Gasteiger partial charge in [0.05, 0.1) is 6.26 Å². The molecule has 210 valence electrons. The van der Waals surface area contributed by atoms with Gasteiger partial charge in [0.15, 0.2) is 0 Å². The predicted molar refractivity (Wildman–Crippen MR) is 150 cm³/mol. The molecule has 1 aliphatic rings. The molecule has 3 N–H and O–H groups in total. The first kappa shape index (κ1) is 31.2. The van der Waals surface area contributed by atoms with E-state index in [-0.39, 0.29) is 31.0 Å². The van der Waals surface area contributed by atoms with E-state index in [0.29, 0.717) is 23.7 Å². The van der Waals surface area contributed by atoms with Gasteiger partial charge in [0.1, 0.15) is 18.0 Å². The third-order valence-corrected chi connectivity index (χ3v) is 6.73. The zero-order valence-electron chi connectivity index (χ0n) is 21.8. The summed E-state index contributed by atoms with van der Waals surface area (Å²) in [6.45, 7) is 4.83. The van der Waals surface area contributed by atoms with Crippen molar-refractivity contribution in [1.82, 2.24) is 15.1 Å². The smallest absolute Gasteiger partial charge is 0.323 e. The number of rotatable bonds is 12. The number of nitrogens with one attached hydrogen (secondary N) is 2. The summed E-state index contributed by atoms with van der Waals surface area (Å²) < 4.78 is 30.9. The molecule has 0 saturated carbocycles. The van der Waals surface area contributed by atoms with Crippen molar-refractivity contribution in [2.75, 3.05) is 37.2 Å². The Kier molecular flexibility index (Phi) is 12.1. The van der Waals surface area contributed by atoms with Gasteiger partial charge in [0.2, 0.25) is 10.0 Å². The van der Waals surface area contributed by atoms with Crippen molar-refractivity contribution < 1.29 is 27.9 Å². The summed E-state index contributed by atoms with van der Waals surface area (Å²) in [6.07, 6.45) is 4.64. The zero-order valence-corrected chi connectivity index (χ0v) is 23.4. The summed E-state index contributed by atoms with van der Waals surface area (Å²) in [5, 5.41) is 11.4. The molecule has 0 bridgehead atoms. The van der Waals surface area contributed by atoms with E-state index >= 15 is 0 Å². The molecule has 2 amide bonds. The van der Waals surface area contributed by atoms with Crippen LogP contribution in [0.1, 0.15) is 38.2 Å². The third-order valence-electron chi connectivity index (χ3n) is 6.12. The molecule has 3 rings (SSSR count). The molecule has 12 heteroatoms. The van der Waals surface area contributed by atoms with E-state index in [4.69, 9.17) is 9.84 Å². The molecule has 0 aliphatic carbocycles. The Labute approximate surface area is 230 Å². The van der Waals surface area contributed by atoms with Crippen LogP contribution in [0.15, 0.2) is 48.5 Å². The second-order valence-electron chi connectivity index (χ2n) is 9.25. The van der Waals surface area contributed by atoms with Crippen molar-refractivity contribution in [3.05, 3.63) is 54.1 Å². The van der Waals surface area contributed by atoms with Gasteiger partial charge in [-0.2, -0.15) is 0 Å². The van der Waals surface area contributed by atoms with Crippen molar-refractivity contribution >= 4 is 40.1 Å². The number of hydrogen-bond acceptors (Lipinski definition) is 6. The molecular formula is C26H37ClN4O6S. The van der Waals surface area contributed by atoms with Gasteiger partial charge in [-0.15, -0.1) is 12.4 Å². The maximum Gasteiger partial charge on any atom is 0.323 e. The number of amides is 2. The molecule has 10 nitrogen and oxygen atoms in total. The number of sulfonamides is 1. The van der Waals surface area contributed by atoms with Gasteiger partial charge < -0.3 is 20.1 Å². The largest absolute Gasteiger partial charge is 0.480 e. The van der Waals surface area contributed by atoms with E-state index in [2.05, 4.69) is 21.9 Å². The summed E-state index contributed by atoms with van der Waals surface area (Å²) in [7, 11) is -3.32. The number of hydrogen-bond donors (Lipinski definition) is 3. The molecule has 1 aliphatic heterocycles. The average molecular weight is 569 g/mol. The number of urea groups is 1. The Hall–Kier alpha value is -3.02. The summed E-state index contributed by atoms with van der Waals surface area (Å²) in [5.74, 6) is 0.244. The Morgan fingerprint density at radius 1 is 1.05 bits per heavy atom. The highest BCUT2D eigenvalue weighted by molar-refractivity contribution is 7.92. The number of carboxylic acids is 1. The van der Waals surface area contributed by atoms with E-state index < -0.39 is 16.0 Å². The van der Waals surface area contributed by atoms with E-state index in [9.17, 15) is 18.0 Å². The van der Waals surface area contributed by atoms with Crippen molar-refractivity contribution in [2.45, 2.75) is 45.2 Å². The zero-order chi connectivity index (χ0) is 26.8. The van der Waals surface area contributed by atoms with Crippen molar-refractivity contribution in [3.8, 4) is 11.5 Å². The Morgan fingerprint density at radius 2 is 1.63 bits per heavy atom. The van der Waals surface area contributed by atoms with Crippen LogP contribution in [-0.2, 0) is 21.4 Å². The Bertz CT molecular complexity index is 1140. The third kappa shape index (κ3) is 10.4. The van der Waals surface area contributed by atoms with E-state index in [1.54, 1.807) is 29.2 Å². The highest BCUT2D eigenvalue weighted by Gasteiger charge is 2.27. The monoisotopic (exact) mass is 568 g/mol. The molecule has 0 unspecified atom stereocenters. The molecule has 2 aromatic carbocycles. The summed E-state index contributed by atoms with van der Waals surface area (Å²) in [6, 6.07) is 14.4. The van der Waals surface area contributed by atoms with Crippen LogP contribution in [0.4, 0.5) is 10.5 Å². The molecule has 2 aromatic rings. The number of carboxylic acid groups (broad SMARTS) is 1. The number of halogens is 1. The second-order valence-corrected chi connectivity index (χ2v) is 11.0. The number of anilines is 1. The lowest BCUT2D eigenvalue weighted by molar-refractivity contribution is -0.135. The number of piperidine rings is 1. The number of carbonyl (C=O) groups is 2. The number of carbonyl (C=O) groups excluding carboxylic acids is 1. The lowest BCUT2D eigenvalue weighted by atomic mass is 10.0. The van der Waals surface area contributed by atoms with Gasteiger partial charge in [-0.1, -0.05) is 25.5 Å². The van der Waals surface area contributed by atoms with Gasteiger partial charge in [0, 0.05) is 37.9 Å². The van der Waals surface area contributed by atoms with Gasteiger partial charge in [-0.25, -0.2) is 13.2 Å². The van der Waals surface area contributed by atoms with E-state index in [1.807, 2.05) is 24.3 Å². The maximum atomic E-state index is 12.6. The van der Waals surface area contributed by atoms with Gasteiger partial charge in [-0.05, 0) is 61.2 Å². The van der Waals surface area contributed by atoms with Crippen LogP contribution in [0.5, 0.6) is 11.5 Å². The van der Waals surface area contributed by atoms with Crippen molar-refractivity contribution in [1.29, 1.82) is 0 Å². The number of benzene rings is 2. The van der Waals surface area contributed by atoms with Crippen LogP contribution in [0.2, 0.25) is 0 Å². The number of ether oxygens (including phenoxy) is 1. The molecule has 1 saturated heterocycles. The number of aliphatic carboxylic acids is 1. The van der Waals surface area contributed by atoms with Crippen molar-refractivity contribution in [2.24, 2.45) is 0 Å². The predicted octanol–water partition coefficient (Wildman–Crippen LogP) is 4.13. The minimum Gasteiger partial charge on any atom is -0.480 e. The second kappa shape index (κ2) is 14.8. The highest BCUT2D eigenvalue weighted by atomic mass is 35.5. The summed E-state index contributed by atoms with van der Waals surface area (Å²) >= 11 is 0. The Balaban J connectivity index is 0.00000507. The molecule has 0 spiro atoms. The van der Waals surface area contributed by atoms with Crippen LogP contribution in [0, 0.1) is 0 Å². The minimum absolute atomic E-state index is 0. The number of nitrogens with zero attached hydrogens (tertiary/aromatic N) is 2. The lowest BCUT2D eigenvalue weighted by Crippen LogP contribution is -2.51. The fraction of sp³-hybridized carbons (Fsp3) is 0.462. The lowest BCUT2D eigenvalue weighted by Gasteiger charge is -2.38. The fourth-order valence-corrected chi connectivity index (χ4v) is 4.85. The minimum atomic E-state index is -3.32. The van der Waals surface area contributed by atoms with Gasteiger partial charge in [0.25, 0.3) is 0 Å². The van der Waals surface area contributed by atoms with Crippen LogP contribution in [0.3, 0.4) is 0 Å². The number of likely N-dealkylation sites (tertiary alicyclic amines) is 1. The summed E-state index contributed by atoms with van der Waals surface area (Å²) in [5.41, 5.74) is 1.63. The van der Waals surface area contributed by atoms with Crippen molar-refractivity contribution in [3.63, 3.8) is 0 Å². The molecule has 0 radical (unpaired) electrons. The molecule has 0 atom stereocenters. The molecule has 1 heterocycles. The van der Waals surface area contributed by atoms with E-state index in [0.717, 1.165) is 57.1 Å². The summed E-state index contributed by atoms with van der Waals surface area (Å²) in [4.78, 5) is 27.5. The standard InChI is InChI=1S/C26H36N4O6S.ClH/c1-3-4-15-30(26(33)27-18-25(31)32)22-13-16-29(17-14-22)19-20-5-9-23(10-6-20)36-24-11-7-21(8-12-24)28-37(2,34)35;/h5-12,22,28H,3-4,13-19H2,1-2H3,(H,27,33)(H,31,32);1H. The van der Waals surface area contributed by atoms with Crippen LogP contribution < -0.4 is 14.8 Å². The quantitative estimate of drug-likeness (QED) is 0.351. The maximum absolute atomic E-state index is 12.6. The van der Waals surface area contributed by atoms with Gasteiger partial charge in [-0.3, -0.25) is 14.4 Å². The average Bonchev–Trinajstić information content (AvgIpc) is 2.85. The van der Waals surface area contributed by atoms with Crippen LogP contribution in [-0.4, -0.2) is 73.8 Å². The molecule has 38 heavy (non-hydrogen) atoms. The number of unbranched alkanes of at least 4 members (excludes halogenated alkanes) is 1. The first-order valence-electron chi connectivity index (χ1n) is 12.5. The Morgan fingerprint density at radius 3 is 2.16 bits per heavy atom. The molecule has 1 fully saturated rings.